The summed E-state index contributed by atoms with van der Waals surface area (Å²) in [6.07, 6.45) is 1.61. The number of amides is 1. The number of nitrogens with one attached hydrogen (secondary N) is 1. The summed E-state index contributed by atoms with van der Waals surface area (Å²) < 4.78 is 19.1. The zero-order valence-corrected chi connectivity index (χ0v) is 15.1. The SMILES string of the molecule is N[C@@H](Cc1ccc(Oc2ncccc2[N+](=O)[O-])cc1)C(=O)Nc1ccccc1F. The minimum atomic E-state index is -0.891. The van der Waals surface area contributed by atoms with E-state index in [0.717, 1.165) is 5.56 Å². The first-order valence-corrected chi connectivity index (χ1v) is 8.61. The lowest BCUT2D eigenvalue weighted by Crippen LogP contribution is -2.37. The first-order chi connectivity index (χ1) is 13.9. The molecule has 0 bridgehead atoms. The number of benzene rings is 2. The zero-order valence-electron chi connectivity index (χ0n) is 15.1. The van der Waals surface area contributed by atoms with Crippen LogP contribution >= 0.6 is 0 Å². The lowest BCUT2D eigenvalue weighted by molar-refractivity contribution is -0.386. The van der Waals surface area contributed by atoms with E-state index in [1.165, 1.54) is 36.5 Å². The Hall–Kier alpha value is -3.85. The van der Waals surface area contributed by atoms with E-state index < -0.39 is 22.7 Å². The van der Waals surface area contributed by atoms with E-state index in [0.29, 0.717) is 5.75 Å². The first kappa shape index (κ1) is 19.9. The Labute approximate surface area is 165 Å². The highest BCUT2D eigenvalue weighted by molar-refractivity contribution is 5.94. The fourth-order valence-corrected chi connectivity index (χ4v) is 2.54. The maximum atomic E-state index is 13.6. The Kier molecular flexibility index (Phi) is 6.10. The predicted molar refractivity (Wildman–Crippen MR) is 104 cm³/mol. The largest absolute Gasteiger partial charge is 0.434 e. The van der Waals surface area contributed by atoms with Crippen LogP contribution in [-0.2, 0) is 11.2 Å². The number of halogens is 1. The smallest absolute Gasteiger partial charge is 0.331 e. The van der Waals surface area contributed by atoms with Crippen LogP contribution in [0, 0.1) is 15.9 Å². The first-order valence-electron chi connectivity index (χ1n) is 8.61. The molecule has 0 aliphatic rings. The number of ether oxygens (including phenoxy) is 1. The molecule has 2 aromatic carbocycles. The summed E-state index contributed by atoms with van der Waals surface area (Å²) in [5.74, 6) is -0.830. The van der Waals surface area contributed by atoms with E-state index >= 15 is 0 Å². The van der Waals surface area contributed by atoms with E-state index in [9.17, 15) is 19.3 Å². The van der Waals surface area contributed by atoms with Crippen LogP contribution in [0.5, 0.6) is 11.6 Å². The van der Waals surface area contributed by atoms with Crippen molar-refractivity contribution < 1.29 is 18.8 Å². The lowest BCUT2D eigenvalue weighted by atomic mass is 10.1. The van der Waals surface area contributed by atoms with Gasteiger partial charge >= 0.3 is 5.69 Å². The summed E-state index contributed by atoms with van der Waals surface area (Å²) in [5.41, 5.74) is 6.47. The summed E-state index contributed by atoms with van der Waals surface area (Å²) in [6.45, 7) is 0. The van der Waals surface area contributed by atoms with Crippen molar-refractivity contribution in [3.63, 3.8) is 0 Å². The molecular weight excluding hydrogens is 379 g/mol. The third-order valence-corrected chi connectivity index (χ3v) is 4.01. The molecule has 1 aromatic heterocycles. The van der Waals surface area contributed by atoms with E-state index in [1.807, 2.05) is 0 Å². The molecule has 148 valence electrons. The Bertz CT molecular complexity index is 1030. The number of pyridine rings is 1. The molecule has 0 saturated heterocycles. The monoisotopic (exact) mass is 396 g/mol. The number of rotatable bonds is 7. The lowest BCUT2D eigenvalue weighted by Gasteiger charge is -2.13. The van der Waals surface area contributed by atoms with Gasteiger partial charge in [-0.2, -0.15) is 0 Å². The molecule has 1 heterocycles. The minimum absolute atomic E-state index is 0.0636. The Morgan fingerprint density at radius 3 is 2.59 bits per heavy atom. The Morgan fingerprint density at radius 1 is 1.17 bits per heavy atom. The molecule has 9 heteroatoms. The van der Waals surface area contributed by atoms with Gasteiger partial charge in [-0.05, 0) is 42.3 Å². The van der Waals surface area contributed by atoms with Crippen molar-refractivity contribution in [1.82, 2.24) is 4.98 Å². The van der Waals surface area contributed by atoms with Crippen molar-refractivity contribution >= 4 is 17.3 Å². The molecule has 29 heavy (non-hydrogen) atoms. The molecule has 3 aromatic rings. The highest BCUT2D eigenvalue weighted by atomic mass is 19.1. The third kappa shape index (κ3) is 5.11. The number of hydrogen-bond donors (Lipinski definition) is 2. The summed E-state index contributed by atoms with van der Waals surface area (Å²) in [7, 11) is 0. The number of carbonyl (C=O) groups is 1. The normalized spacial score (nSPS) is 11.5. The second-order valence-electron chi connectivity index (χ2n) is 6.11. The van der Waals surface area contributed by atoms with Crippen molar-refractivity contribution in [2.75, 3.05) is 5.32 Å². The van der Waals surface area contributed by atoms with Crippen LogP contribution < -0.4 is 15.8 Å². The van der Waals surface area contributed by atoms with E-state index in [1.54, 1.807) is 30.3 Å². The highest BCUT2D eigenvalue weighted by Crippen LogP contribution is 2.28. The molecule has 0 fully saturated rings. The maximum absolute atomic E-state index is 13.6. The minimum Gasteiger partial charge on any atom is -0.434 e. The quantitative estimate of drug-likeness (QED) is 0.466. The fraction of sp³-hybridized carbons (Fsp3) is 0.100. The molecule has 0 aliphatic heterocycles. The van der Waals surface area contributed by atoms with Crippen LogP contribution in [0.2, 0.25) is 0 Å². The summed E-state index contributed by atoms with van der Waals surface area (Å²) in [6, 6.07) is 14.2. The molecule has 3 rings (SSSR count). The standard InChI is InChI=1S/C20H17FN4O4/c21-15-4-1-2-5-17(15)24-19(26)16(22)12-13-7-9-14(10-8-13)29-20-18(25(27)28)6-3-11-23-20/h1-11,16H,12,22H2,(H,24,26)/t16-/m0/s1. The molecule has 0 aliphatic carbocycles. The molecule has 1 amide bonds. The van der Waals surface area contributed by atoms with Crippen molar-refractivity contribution in [2.24, 2.45) is 5.73 Å². The van der Waals surface area contributed by atoms with Crippen molar-refractivity contribution in [3.8, 4) is 11.6 Å². The van der Waals surface area contributed by atoms with E-state index in [4.69, 9.17) is 10.5 Å². The van der Waals surface area contributed by atoms with Crippen molar-refractivity contribution in [2.45, 2.75) is 12.5 Å². The van der Waals surface area contributed by atoms with Gasteiger partial charge in [-0.15, -0.1) is 0 Å². The summed E-state index contributed by atoms with van der Waals surface area (Å²) in [5, 5.41) is 13.5. The van der Waals surface area contributed by atoms with E-state index in [2.05, 4.69) is 10.3 Å². The number of nitrogens with two attached hydrogens (primary N) is 1. The van der Waals surface area contributed by atoms with Gasteiger partial charge in [0.1, 0.15) is 11.6 Å². The molecule has 0 radical (unpaired) electrons. The number of nitro groups is 1. The van der Waals surface area contributed by atoms with Crippen LogP contribution in [0.4, 0.5) is 15.8 Å². The van der Waals surface area contributed by atoms with Crippen molar-refractivity contribution in [3.05, 3.63) is 88.4 Å². The van der Waals surface area contributed by atoms with Gasteiger partial charge in [-0.25, -0.2) is 9.37 Å². The maximum Gasteiger partial charge on any atom is 0.331 e. The van der Waals surface area contributed by atoms with E-state index in [-0.39, 0.29) is 23.7 Å². The number of nitrogens with zero attached hydrogens (tertiary/aromatic N) is 2. The van der Waals surface area contributed by atoms with Crippen LogP contribution in [0.1, 0.15) is 5.56 Å². The molecule has 1 atom stereocenters. The van der Waals surface area contributed by atoms with Gasteiger partial charge in [0.05, 0.1) is 16.7 Å². The van der Waals surface area contributed by atoms with Crippen LogP contribution in [0.25, 0.3) is 0 Å². The van der Waals surface area contributed by atoms with Gasteiger partial charge < -0.3 is 15.8 Å². The summed E-state index contributed by atoms with van der Waals surface area (Å²) in [4.78, 5) is 26.5. The fourth-order valence-electron chi connectivity index (χ4n) is 2.54. The van der Waals surface area contributed by atoms with Gasteiger partial charge in [0.2, 0.25) is 5.91 Å². The predicted octanol–water partition coefficient (Wildman–Crippen LogP) is 3.43. The second kappa shape index (κ2) is 8.89. The Morgan fingerprint density at radius 2 is 1.90 bits per heavy atom. The highest BCUT2D eigenvalue weighted by Gasteiger charge is 2.18. The van der Waals surface area contributed by atoms with Crippen molar-refractivity contribution in [1.29, 1.82) is 0 Å². The van der Waals surface area contributed by atoms with Crippen LogP contribution in [0.3, 0.4) is 0 Å². The number of carbonyl (C=O) groups excluding carboxylic acids is 1. The number of para-hydroxylation sites is 1. The van der Waals surface area contributed by atoms with Gasteiger partial charge in [0.15, 0.2) is 0 Å². The van der Waals surface area contributed by atoms with Gasteiger partial charge in [-0.1, -0.05) is 24.3 Å². The average Bonchev–Trinajstić information content (AvgIpc) is 2.71. The Balaban J connectivity index is 1.62. The molecule has 0 saturated carbocycles. The second-order valence-corrected chi connectivity index (χ2v) is 6.11. The number of anilines is 1. The van der Waals surface area contributed by atoms with Crippen LogP contribution in [-0.4, -0.2) is 21.9 Å². The molecule has 8 nitrogen and oxygen atoms in total. The topological polar surface area (TPSA) is 120 Å². The average molecular weight is 396 g/mol. The summed E-state index contributed by atoms with van der Waals surface area (Å²) >= 11 is 0. The van der Waals surface area contributed by atoms with Gasteiger partial charge in [0.25, 0.3) is 5.88 Å². The number of hydrogen-bond acceptors (Lipinski definition) is 6. The van der Waals surface area contributed by atoms with Gasteiger partial charge in [-0.3, -0.25) is 14.9 Å². The molecule has 0 unspecified atom stereocenters. The third-order valence-electron chi connectivity index (χ3n) is 4.01. The number of aromatic nitrogens is 1. The molecule has 3 N–H and O–H groups in total. The molecule has 0 spiro atoms. The van der Waals surface area contributed by atoms with Crippen LogP contribution in [0.15, 0.2) is 66.9 Å². The van der Waals surface area contributed by atoms with Gasteiger partial charge in [0, 0.05) is 12.3 Å². The zero-order chi connectivity index (χ0) is 20.8. The molecular formula is C20H17FN4O4.